The second kappa shape index (κ2) is 7.53. The molecule has 0 spiro atoms. The van der Waals surface area contributed by atoms with E-state index in [1.54, 1.807) is 7.11 Å². The minimum Gasteiger partial charge on any atom is -0.383 e. The summed E-state index contributed by atoms with van der Waals surface area (Å²) in [7, 11) is 1.66. The first-order valence-electron chi connectivity index (χ1n) is 5.00. The Kier molecular flexibility index (Phi) is 6.18. The summed E-state index contributed by atoms with van der Waals surface area (Å²) in [5.74, 6) is 2.68. The molecule has 1 rings (SSSR count). The molecular weight excluding hydrogens is 214 g/mol. The monoisotopic (exact) mass is 231 g/mol. The summed E-state index contributed by atoms with van der Waals surface area (Å²) in [6, 6.07) is 0.471. The van der Waals surface area contributed by atoms with Crippen molar-refractivity contribution in [1.29, 1.82) is 0 Å². The number of methoxy groups -OCH3 is 1. The van der Waals surface area contributed by atoms with Crippen molar-refractivity contribution >= 4 is 17.8 Å². The van der Waals surface area contributed by atoms with Gasteiger partial charge in [0.15, 0.2) is 5.82 Å². The van der Waals surface area contributed by atoms with E-state index in [-0.39, 0.29) is 0 Å². The smallest absolute Gasteiger partial charge is 0.321 e. The van der Waals surface area contributed by atoms with Gasteiger partial charge in [-0.25, -0.2) is 0 Å². The van der Waals surface area contributed by atoms with E-state index >= 15 is 0 Å². The van der Waals surface area contributed by atoms with Gasteiger partial charge in [-0.2, -0.15) is 16.7 Å². The van der Waals surface area contributed by atoms with Crippen molar-refractivity contribution in [2.75, 3.05) is 31.3 Å². The Labute approximate surface area is 94.0 Å². The molecule has 0 bridgehead atoms. The Balaban J connectivity index is 2.23. The SMILES string of the molecule is CCCSCc1noc(NCCOC)n1. The van der Waals surface area contributed by atoms with Crippen LogP contribution in [0.3, 0.4) is 0 Å². The highest BCUT2D eigenvalue weighted by molar-refractivity contribution is 7.98. The first-order valence-corrected chi connectivity index (χ1v) is 6.15. The summed E-state index contributed by atoms with van der Waals surface area (Å²) in [4.78, 5) is 4.19. The Bertz CT molecular complexity index is 243. The number of anilines is 1. The fourth-order valence-electron chi connectivity index (χ4n) is 0.952. The molecule has 1 N–H and O–H groups in total. The Hall–Kier alpha value is -0.750. The van der Waals surface area contributed by atoms with E-state index in [1.165, 1.54) is 6.42 Å². The zero-order chi connectivity index (χ0) is 10.9. The largest absolute Gasteiger partial charge is 0.383 e. The van der Waals surface area contributed by atoms with Crippen LogP contribution >= 0.6 is 11.8 Å². The van der Waals surface area contributed by atoms with Gasteiger partial charge in [0.1, 0.15) is 0 Å². The third kappa shape index (κ3) is 5.03. The van der Waals surface area contributed by atoms with Crippen molar-refractivity contribution in [2.45, 2.75) is 19.1 Å². The van der Waals surface area contributed by atoms with Gasteiger partial charge in [0.2, 0.25) is 0 Å². The van der Waals surface area contributed by atoms with Crippen LogP contribution in [0, 0.1) is 0 Å². The van der Waals surface area contributed by atoms with Gasteiger partial charge in [-0.05, 0) is 12.2 Å². The number of hydrogen-bond acceptors (Lipinski definition) is 6. The maximum absolute atomic E-state index is 5.00. The molecule has 0 aromatic carbocycles. The van der Waals surface area contributed by atoms with Crippen LogP contribution in [-0.4, -0.2) is 36.2 Å². The molecule has 0 atom stereocenters. The zero-order valence-electron chi connectivity index (χ0n) is 9.15. The maximum Gasteiger partial charge on any atom is 0.321 e. The molecule has 0 amide bonds. The summed E-state index contributed by atoms with van der Waals surface area (Å²) in [6.45, 7) is 3.46. The van der Waals surface area contributed by atoms with Crippen LogP contribution in [0.4, 0.5) is 6.01 Å². The lowest BCUT2D eigenvalue weighted by Crippen LogP contribution is -2.07. The van der Waals surface area contributed by atoms with Gasteiger partial charge in [0.25, 0.3) is 0 Å². The third-order valence-electron chi connectivity index (χ3n) is 1.63. The van der Waals surface area contributed by atoms with E-state index in [2.05, 4.69) is 22.4 Å². The molecule has 0 saturated carbocycles. The van der Waals surface area contributed by atoms with Crippen molar-refractivity contribution in [3.8, 4) is 0 Å². The second-order valence-electron chi connectivity index (χ2n) is 2.99. The quantitative estimate of drug-likeness (QED) is 0.688. The average Bonchev–Trinajstić information content (AvgIpc) is 2.67. The standard InChI is InChI=1S/C9H17N3O2S/c1-3-6-15-7-8-11-9(14-12-8)10-4-5-13-2/h3-7H2,1-2H3,(H,10,11,12). The van der Waals surface area contributed by atoms with E-state index in [9.17, 15) is 0 Å². The molecule has 86 valence electrons. The molecule has 1 heterocycles. The number of thioether (sulfide) groups is 1. The summed E-state index contributed by atoms with van der Waals surface area (Å²) in [6.07, 6.45) is 1.17. The normalized spacial score (nSPS) is 10.5. The Morgan fingerprint density at radius 3 is 3.13 bits per heavy atom. The van der Waals surface area contributed by atoms with Crippen LogP contribution < -0.4 is 5.32 Å². The molecule has 0 aliphatic rings. The van der Waals surface area contributed by atoms with Gasteiger partial charge in [0.05, 0.1) is 12.4 Å². The number of nitrogens with zero attached hydrogens (tertiary/aromatic N) is 2. The van der Waals surface area contributed by atoms with Crippen molar-refractivity contribution in [1.82, 2.24) is 10.1 Å². The number of nitrogens with one attached hydrogen (secondary N) is 1. The van der Waals surface area contributed by atoms with Crippen LogP contribution in [0.5, 0.6) is 0 Å². The molecule has 0 fully saturated rings. The molecule has 0 unspecified atom stereocenters. The molecule has 15 heavy (non-hydrogen) atoms. The minimum absolute atomic E-state index is 0.471. The van der Waals surface area contributed by atoms with Gasteiger partial charge >= 0.3 is 6.01 Å². The Morgan fingerprint density at radius 1 is 1.53 bits per heavy atom. The fraction of sp³-hybridized carbons (Fsp3) is 0.778. The van der Waals surface area contributed by atoms with Crippen molar-refractivity contribution in [2.24, 2.45) is 0 Å². The first kappa shape index (κ1) is 12.3. The summed E-state index contributed by atoms with van der Waals surface area (Å²) >= 11 is 1.81. The molecule has 5 nitrogen and oxygen atoms in total. The number of aromatic nitrogens is 2. The van der Waals surface area contributed by atoms with Crippen molar-refractivity contribution < 1.29 is 9.26 Å². The zero-order valence-corrected chi connectivity index (χ0v) is 9.97. The Morgan fingerprint density at radius 2 is 2.40 bits per heavy atom. The number of rotatable bonds is 8. The van der Waals surface area contributed by atoms with Crippen LogP contribution in [-0.2, 0) is 10.5 Å². The van der Waals surface area contributed by atoms with E-state index in [0.29, 0.717) is 19.2 Å². The van der Waals surface area contributed by atoms with Crippen molar-refractivity contribution in [3.05, 3.63) is 5.82 Å². The van der Waals surface area contributed by atoms with Crippen LogP contribution in [0.25, 0.3) is 0 Å². The van der Waals surface area contributed by atoms with E-state index in [0.717, 1.165) is 17.3 Å². The van der Waals surface area contributed by atoms with E-state index in [4.69, 9.17) is 9.26 Å². The molecule has 6 heteroatoms. The number of hydrogen-bond donors (Lipinski definition) is 1. The van der Waals surface area contributed by atoms with E-state index in [1.807, 2.05) is 11.8 Å². The molecular formula is C9H17N3O2S. The summed E-state index contributed by atoms with van der Waals surface area (Å²) in [5, 5.41) is 6.84. The predicted molar refractivity (Wildman–Crippen MR) is 61.1 cm³/mol. The number of ether oxygens (including phenoxy) is 1. The highest BCUT2D eigenvalue weighted by atomic mass is 32.2. The minimum atomic E-state index is 0.471. The highest BCUT2D eigenvalue weighted by Crippen LogP contribution is 2.11. The predicted octanol–water partition coefficient (Wildman–Crippen LogP) is 1.77. The molecule has 0 aliphatic heterocycles. The van der Waals surface area contributed by atoms with Gasteiger partial charge in [-0.15, -0.1) is 0 Å². The van der Waals surface area contributed by atoms with Gasteiger partial charge in [-0.3, -0.25) is 0 Å². The van der Waals surface area contributed by atoms with Gasteiger partial charge in [0, 0.05) is 13.7 Å². The van der Waals surface area contributed by atoms with Crippen molar-refractivity contribution in [3.63, 3.8) is 0 Å². The lowest BCUT2D eigenvalue weighted by molar-refractivity contribution is 0.210. The molecule has 1 aromatic rings. The molecule has 1 aromatic heterocycles. The second-order valence-corrected chi connectivity index (χ2v) is 4.09. The van der Waals surface area contributed by atoms with Crippen LogP contribution in [0.1, 0.15) is 19.2 Å². The molecule has 0 aliphatic carbocycles. The lowest BCUT2D eigenvalue weighted by Gasteiger charge is -1.97. The maximum atomic E-state index is 5.00. The topological polar surface area (TPSA) is 60.2 Å². The first-order chi connectivity index (χ1) is 7.36. The van der Waals surface area contributed by atoms with Crippen LogP contribution in [0.2, 0.25) is 0 Å². The van der Waals surface area contributed by atoms with E-state index < -0.39 is 0 Å². The average molecular weight is 231 g/mol. The van der Waals surface area contributed by atoms with Gasteiger partial charge < -0.3 is 14.6 Å². The lowest BCUT2D eigenvalue weighted by atomic mass is 10.6. The molecule has 0 saturated heterocycles. The highest BCUT2D eigenvalue weighted by Gasteiger charge is 2.04. The fourth-order valence-corrected chi connectivity index (χ4v) is 1.69. The van der Waals surface area contributed by atoms with Crippen LogP contribution in [0.15, 0.2) is 4.52 Å². The third-order valence-corrected chi connectivity index (χ3v) is 2.79. The summed E-state index contributed by atoms with van der Waals surface area (Å²) < 4.78 is 9.89. The van der Waals surface area contributed by atoms with Gasteiger partial charge in [-0.1, -0.05) is 12.1 Å². The summed E-state index contributed by atoms with van der Waals surface area (Å²) in [5.41, 5.74) is 0. The molecule has 0 radical (unpaired) electrons.